The molecule has 0 atom stereocenters. The van der Waals surface area contributed by atoms with Crippen LogP contribution in [0.2, 0.25) is 0 Å². The number of hydrogen-bond donors (Lipinski definition) is 0. The number of imidazole rings is 1. The fourth-order valence-electron chi connectivity index (χ4n) is 4.14. The van der Waals surface area contributed by atoms with Crippen molar-refractivity contribution in [2.75, 3.05) is 18.0 Å². The number of carbonyl (C=O) groups is 1. The molecule has 0 N–H and O–H groups in total. The van der Waals surface area contributed by atoms with E-state index in [1.165, 1.54) is 0 Å². The Balaban J connectivity index is 1.41. The minimum absolute atomic E-state index is 0.0349. The quantitative estimate of drug-likeness (QED) is 0.493. The molecule has 4 aromatic rings. The summed E-state index contributed by atoms with van der Waals surface area (Å²) in [6.07, 6.45) is 0.220. The van der Waals surface area contributed by atoms with E-state index in [1.807, 2.05) is 38.1 Å². The number of carbonyl (C=O) groups excluding carboxylic acids is 1. The van der Waals surface area contributed by atoms with Crippen molar-refractivity contribution in [1.29, 1.82) is 0 Å². The van der Waals surface area contributed by atoms with Crippen LogP contribution in [0, 0.1) is 13.8 Å². The number of para-hydroxylation sites is 2. The average molecular weight is 416 g/mol. The minimum atomic E-state index is 0.0349. The number of anilines is 1. The summed E-state index contributed by atoms with van der Waals surface area (Å²) in [6, 6.07) is 10.1. The van der Waals surface area contributed by atoms with E-state index in [9.17, 15) is 4.79 Å². The molecule has 0 saturated carbocycles. The van der Waals surface area contributed by atoms with Crippen LogP contribution in [0.5, 0.6) is 0 Å². The van der Waals surface area contributed by atoms with Crippen LogP contribution in [-0.2, 0) is 18.3 Å². The van der Waals surface area contributed by atoms with Crippen molar-refractivity contribution in [1.82, 2.24) is 34.3 Å². The normalized spacial score (nSPS) is 14.3. The molecule has 0 unspecified atom stereocenters. The lowest BCUT2D eigenvalue weighted by Crippen LogP contribution is -2.46. The van der Waals surface area contributed by atoms with Crippen LogP contribution in [0.15, 0.2) is 30.3 Å². The van der Waals surface area contributed by atoms with Crippen molar-refractivity contribution in [2.24, 2.45) is 7.05 Å². The highest BCUT2D eigenvalue weighted by molar-refractivity contribution is 5.77. The summed E-state index contributed by atoms with van der Waals surface area (Å²) >= 11 is 0. The lowest BCUT2D eigenvalue weighted by Gasteiger charge is -2.39. The molecular weight excluding hydrogens is 392 g/mol. The standard InChI is InChI=1S/C22H24N8O/c1-13(31)9-20-25-15(3)27-30(20)21-10-19(23-14(2)24-21)29-11-16(12-29)22-26-17-7-5-6-8-18(17)28(22)4/h5-8,10,16H,9,11-12H2,1-4H3. The molecule has 9 nitrogen and oxygen atoms in total. The average Bonchev–Trinajstić information content (AvgIpc) is 3.20. The second-order valence-corrected chi connectivity index (χ2v) is 8.12. The number of benzene rings is 1. The first-order valence-corrected chi connectivity index (χ1v) is 10.3. The predicted molar refractivity (Wildman–Crippen MR) is 116 cm³/mol. The molecule has 0 bridgehead atoms. The number of rotatable bonds is 5. The van der Waals surface area contributed by atoms with Crippen molar-refractivity contribution in [2.45, 2.75) is 33.1 Å². The van der Waals surface area contributed by atoms with Gasteiger partial charge in [-0.1, -0.05) is 12.1 Å². The third-order valence-electron chi connectivity index (χ3n) is 5.61. The number of fused-ring (bicyclic) bond motifs is 1. The first-order valence-electron chi connectivity index (χ1n) is 10.3. The minimum Gasteiger partial charge on any atom is -0.355 e. The van der Waals surface area contributed by atoms with Crippen molar-refractivity contribution in [3.8, 4) is 5.82 Å². The number of aromatic nitrogens is 7. The summed E-state index contributed by atoms with van der Waals surface area (Å²) < 4.78 is 3.83. The van der Waals surface area contributed by atoms with Gasteiger partial charge in [-0.3, -0.25) is 4.79 Å². The molecule has 0 radical (unpaired) electrons. The first kappa shape index (κ1) is 19.3. The molecule has 0 aliphatic carbocycles. The highest BCUT2D eigenvalue weighted by Crippen LogP contribution is 2.32. The Hall–Kier alpha value is -3.62. The van der Waals surface area contributed by atoms with Crippen LogP contribution in [0.4, 0.5) is 5.82 Å². The van der Waals surface area contributed by atoms with Crippen LogP contribution in [0.25, 0.3) is 16.9 Å². The summed E-state index contributed by atoms with van der Waals surface area (Å²) in [5.74, 6) is 4.81. The molecule has 9 heteroatoms. The lowest BCUT2D eigenvalue weighted by atomic mass is 9.99. The van der Waals surface area contributed by atoms with Gasteiger partial charge < -0.3 is 9.47 Å². The fourth-order valence-corrected chi connectivity index (χ4v) is 4.14. The van der Waals surface area contributed by atoms with Crippen LogP contribution in [0.3, 0.4) is 0 Å². The largest absolute Gasteiger partial charge is 0.355 e. The van der Waals surface area contributed by atoms with Crippen molar-refractivity contribution in [3.05, 3.63) is 53.6 Å². The Bertz CT molecular complexity index is 1300. The van der Waals surface area contributed by atoms with E-state index in [-0.39, 0.29) is 12.2 Å². The van der Waals surface area contributed by atoms with Crippen LogP contribution < -0.4 is 4.90 Å². The van der Waals surface area contributed by atoms with Gasteiger partial charge in [0.25, 0.3) is 0 Å². The van der Waals surface area contributed by atoms with Gasteiger partial charge in [-0.05, 0) is 32.9 Å². The number of Topliss-reactive ketones (excluding diaryl/α,β-unsaturated/α-hetero) is 1. The maximum atomic E-state index is 11.6. The molecule has 31 heavy (non-hydrogen) atoms. The topological polar surface area (TPSA) is 94.6 Å². The molecule has 4 heterocycles. The zero-order valence-corrected chi connectivity index (χ0v) is 18.1. The third-order valence-corrected chi connectivity index (χ3v) is 5.61. The highest BCUT2D eigenvalue weighted by atomic mass is 16.1. The molecular formula is C22H24N8O. The second kappa shape index (κ2) is 7.26. The summed E-state index contributed by atoms with van der Waals surface area (Å²) in [6.45, 7) is 6.90. The Morgan fingerprint density at radius 1 is 1.03 bits per heavy atom. The molecule has 3 aromatic heterocycles. The lowest BCUT2D eigenvalue weighted by molar-refractivity contribution is -0.116. The van der Waals surface area contributed by atoms with Gasteiger partial charge in [0, 0.05) is 26.2 Å². The molecule has 1 aliphatic heterocycles. The van der Waals surface area contributed by atoms with Crippen molar-refractivity contribution < 1.29 is 4.79 Å². The van der Waals surface area contributed by atoms with Crippen LogP contribution >= 0.6 is 0 Å². The van der Waals surface area contributed by atoms with Gasteiger partial charge in [-0.2, -0.15) is 4.68 Å². The van der Waals surface area contributed by atoms with E-state index < -0.39 is 0 Å². The highest BCUT2D eigenvalue weighted by Gasteiger charge is 2.33. The fraction of sp³-hybridized carbons (Fsp3) is 0.364. The summed E-state index contributed by atoms with van der Waals surface area (Å²) in [5.41, 5.74) is 2.17. The number of aryl methyl sites for hydroxylation is 3. The van der Waals surface area contributed by atoms with E-state index >= 15 is 0 Å². The molecule has 5 rings (SSSR count). The number of ketones is 1. The summed E-state index contributed by atoms with van der Waals surface area (Å²) in [7, 11) is 2.07. The molecule has 1 aliphatic rings. The molecule has 1 fully saturated rings. The Morgan fingerprint density at radius 2 is 1.77 bits per heavy atom. The van der Waals surface area contributed by atoms with Crippen molar-refractivity contribution in [3.63, 3.8) is 0 Å². The molecule has 1 saturated heterocycles. The van der Waals surface area contributed by atoms with Gasteiger partial charge in [0.1, 0.15) is 34.9 Å². The van der Waals surface area contributed by atoms with Gasteiger partial charge >= 0.3 is 0 Å². The summed E-state index contributed by atoms with van der Waals surface area (Å²) in [5, 5.41) is 4.45. The maximum absolute atomic E-state index is 11.6. The number of nitrogens with zero attached hydrogens (tertiary/aromatic N) is 8. The van der Waals surface area contributed by atoms with Gasteiger partial charge in [0.2, 0.25) is 0 Å². The SMILES string of the molecule is CC(=O)Cc1nc(C)nn1-c1cc(N2CC(c3nc4ccccc4n3C)C2)nc(C)n1. The third kappa shape index (κ3) is 3.45. The van der Waals surface area contributed by atoms with Gasteiger partial charge in [-0.25, -0.2) is 19.9 Å². The zero-order chi connectivity index (χ0) is 21.7. The number of hydrogen-bond acceptors (Lipinski definition) is 7. The van der Waals surface area contributed by atoms with Crippen molar-refractivity contribution >= 4 is 22.6 Å². The Kier molecular flexibility index (Phi) is 4.53. The maximum Gasteiger partial charge on any atom is 0.161 e. The van der Waals surface area contributed by atoms with E-state index in [2.05, 4.69) is 42.6 Å². The molecule has 0 spiro atoms. The van der Waals surface area contributed by atoms with Gasteiger partial charge in [-0.15, -0.1) is 5.10 Å². The van der Waals surface area contributed by atoms with Gasteiger partial charge in [0.05, 0.1) is 23.4 Å². The monoisotopic (exact) mass is 416 g/mol. The molecule has 1 aromatic carbocycles. The smallest absolute Gasteiger partial charge is 0.161 e. The van der Waals surface area contributed by atoms with E-state index in [1.54, 1.807) is 11.6 Å². The van der Waals surface area contributed by atoms with Gasteiger partial charge in [0.15, 0.2) is 5.82 Å². The predicted octanol–water partition coefficient (Wildman–Crippen LogP) is 2.30. The van der Waals surface area contributed by atoms with E-state index in [4.69, 9.17) is 4.98 Å². The second-order valence-electron chi connectivity index (χ2n) is 8.12. The molecule has 158 valence electrons. The first-order chi connectivity index (χ1) is 14.9. The Morgan fingerprint density at radius 3 is 2.52 bits per heavy atom. The van der Waals surface area contributed by atoms with Crippen LogP contribution in [-0.4, -0.2) is 53.2 Å². The van der Waals surface area contributed by atoms with Crippen LogP contribution in [0.1, 0.15) is 36.1 Å². The Labute approximate surface area is 179 Å². The zero-order valence-electron chi connectivity index (χ0n) is 18.1. The molecule has 0 amide bonds. The summed E-state index contributed by atoms with van der Waals surface area (Å²) in [4.78, 5) is 32.3. The van der Waals surface area contributed by atoms with E-state index in [0.29, 0.717) is 29.2 Å². The van der Waals surface area contributed by atoms with E-state index in [0.717, 1.165) is 35.8 Å².